The van der Waals surface area contributed by atoms with Gasteiger partial charge in [-0.25, -0.2) is 0 Å². The zero-order valence-corrected chi connectivity index (χ0v) is 10.4. The largest absolute Gasteiger partial charge is 0.394 e. The fourth-order valence-corrected chi connectivity index (χ4v) is 1.63. The molecular formula is C9H17BrO6. The van der Waals surface area contributed by atoms with E-state index in [1.54, 1.807) is 0 Å². The number of hydrogen-bond donors (Lipinski definition) is 4. The van der Waals surface area contributed by atoms with Gasteiger partial charge in [0.25, 0.3) is 0 Å². The van der Waals surface area contributed by atoms with Crippen molar-refractivity contribution >= 4 is 15.9 Å². The lowest BCUT2D eigenvalue weighted by molar-refractivity contribution is -0.303. The second kappa shape index (κ2) is 6.25. The van der Waals surface area contributed by atoms with Crippen molar-refractivity contribution in [2.75, 3.05) is 6.61 Å². The van der Waals surface area contributed by atoms with Crippen LogP contribution in [-0.2, 0) is 9.47 Å². The highest BCUT2D eigenvalue weighted by atomic mass is 79.9. The Hall–Kier alpha value is 0.240. The van der Waals surface area contributed by atoms with Crippen LogP contribution in [0.5, 0.6) is 0 Å². The van der Waals surface area contributed by atoms with Crippen LogP contribution in [0.1, 0.15) is 13.3 Å². The second-order valence-corrected chi connectivity index (χ2v) is 4.67. The van der Waals surface area contributed by atoms with Gasteiger partial charge in [0.05, 0.1) is 6.61 Å². The molecule has 1 aliphatic heterocycles. The maximum atomic E-state index is 9.60. The molecule has 1 heterocycles. The molecule has 0 radical (unpaired) electrons. The van der Waals surface area contributed by atoms with Crippen LogP contribution in [0.2, 0.25) is 0 Å². The zero-order valence-electron chi connectivity index (χ0n) is 8.86. The van der Waals surface area contributed by atoms with Crippen molar-refractivity contribution in [2.24, 2.45) is 0 Å². The van der Waals surface area contributed by atoms with Crippen molar-refractivity contribution in [3.8, 4) is 0 Å². The first-order valence-electron chi connectivity index (χ1n) is 5.11. The predicted octanol–water partition coefficient (Wildman–Crippen LogP) is -1.07. The Balaban J connectivity index is 2.63. The fourth-order valence-electron chi connectivity index (χ4n) is 1.42. The van der Waals surface area contributed by atoms with Crippen LogP contribution in [0.3, 0.4) is 0 Å². The van der Waals surface area contributed by atoms with Gasteiger partial charge >= 0.3 is 0 Å². The molecule has 6 nitrogen and oxygen atoms in total. The Morgan fingerprint density at radius 3 is 2.38 bits per heavy atom. The lowest BCUT2D eigenvalue weighted by Crippen LogP contribution is -2.59. The Morgan fingerprint density at radius 1 is 1.25 bits per heavy atom. The SMILES string of the molecule is CCC(Br)OC1O[C@H](CO)[C@@H](O)[C@H](O)[C@H]1O. The molecule has 6 atom stereocenters. The summed E-state index contributed by atoms with van der Waals surface area (Å²) < 4.78 is 10.4. The highest BCUT2D eigenvalue weighted by Gasteiger charge is 2.44. The molecule has 0 aromatic heterocycles. The van der Waals surface area contributed by atoms with Crippen LogP contribution < -0.4 is 0 Å². The Morgan fingerprint density at radius 2 is 1.88 bits per heavy atom. The van der Waals surface area contributed by atoms with E-state index in [-0.39, 0.29) is 5.01 Å². The number of rotatable bonds is 4. The molecular weight excluding hydrogens is 284 g/mol. The average Bonchev–Trinajstić information content (AvgIpc) is 2.29. The molecule has 0 amide bonds. The molecule has 0 bridgehead atoms. The molecule has 0 spiro atoms. The van der Waals surface area contributed by atoms with Crippen LogP contribution in [0.4, 0.5) is 0 Å². The maximum Gasteiger partial charge on any atom is 0.188 e. The lowest BCUT2D eigenvalue weighted by atomic mass is 9.99. The van der Waals surface area contributed by atoms with E-state index in [4.69, 9.17) is 14.6 Å². The summed E-state index contributed by atoms with van der Waals surface area (Å²) in [6.07, 6.45) is -5.44. The summed E-state index contributed by atoms with van der Waals surface area (Å²) in [7, 11) is 0. The van der Waals surface area contributed by atoms with E-state index in [1.807, 2.05) is 6.92 Å². The minimum atomic E-state index is -1.40. The molecule has 4 N–H and O–H groups in total. The molecule has 1 saturated heterocycles. The third-order valence-corrected chi connectivity index (χ3v) is 3.31. The minimum absolute atomic E-state index is 0.325. The monoisotopic (exact) mass is 300 g/mol. The van der Waals surface area contributed by atoms with Crippen molar-refractivity contribution in [2.45, 2.75) is 49.1 Å². The van der Waals surface area contributed by atoms with E-state index in [9.17, 15) is 15.3 Å². The molecule has 7 heteroatoms. The third kappa shape index (κ3) is 3.13. The van der Waals surface area contributed by atoms with Crippen molar-refractivity contribution in [3.05, 3.63) is 0 Å². The summed E-state index contributed by atoms with van der Waals surface area (Å²) in [5.41, 5.74) is 0. The second-order valence-electron chi connectivity index (χ2n) is 3.65. The number of aliphatic hydroxyl groups excluding tert-OH is 4. The van der Waals surface area contributed by atoms with E-state index in [0.29, 0.717) is 6.42 Å². The molecule has 0 aliphatic carbocycles. The highest BCUT2D eigenvalue weighted by molar-refractivity contribution is 9.09. The van der Waals surface area contributed by atoms with E-state index in [1.165, 1.54) is 0 Å². The molecule has 96 valence electrons. The first-order chi connectivity index (χ1) is 7.51. The van der Waals surface area contributed by atoms with Gasteiger partial charge in [0, 0.05) is 0 Å². The zero-order chi connectivity index (χ0) is 12.3. The molecule has 16 heavy (non-hydrogen) atoms. The van der Waals surface area contributed by atoms with E-state index in [0.717, 1.165) is 0 Å². The quantitative estimate of drug-likeness (QED) is 0.494. The van der Waals surface area contributed by atoms with Crippen molar-refractivity contribution < 1.29 is 29.9 Å². The van der Waals surface area contributed by atoms with Crippen LogP contribution in [-0.4, -0.2) is 62.8 Å². The van der Waals surface area contributed by atoms with Crippen molar-refractivity contribution in [1.29, 1.82) is 0 Å². The molecule has 1 fully saturated rings. The predicted molar refractivity (Wildman–Crippen MR) is 57.9 cm³/mol. The first kappa shape index (κ1) is 14.3. The number of ether oxygens (including phenoxy) is 2. The summed E-state index contributed by atoms with van der Waals surface area (Å²) >= 11 is 3.20. The first-order valence-corrected chi connectivity index (χ1v) is 6.02. The van der Waals surface area contributed by atoms with Gasteiger partial charge in [-0.05, 0) is 6.42 Å². The smallest absolute Gasteiger partial charge is 0.188 e. The van der Waals surface area contributed by atoms with Gasteiger partial charge in [-0.15, -0.1) is 0 Å². The van der Waals surface area contributed by atoms with Crippen LogP contribution in [0, 0.1) is 0 Å². The van der Waals surface area contributed by atoms with Gasteiger partial charge in [0.15, 0.2) is 6.29 Å². The maximum absolute atomic E-state index is 9.60. The lowest BCUT2D eigenvalue weighted by Gasteiger charge is -2.40. The topological polar surface area (TPSA) is 99.4 Å². The Bertz CT molecular complexity index is 214. The summed E-state index contributed by atoms with van der Waals surface area (Å²) in [5, 5.41) is 37.2. The number of alkyl halides is 1. The van der Waals surface area contributed by atoms with Gasteiger partial charge in [-0.2, -0.15) is 0 Å². The third-order valence-electron chi connectivity index (χ3n) is 2.45. The summed E-state index contributed by atoms with van der Waals surface area (Å²) in [4.78, 5) is 0. The number of aliphatic hydroxyl groups is 4. The normalized spacial score (nSPS) is 42.0. The average molecular weight is 301 g/mol. The van der Waals surface area contributed by atoms with E-state index >= 15 is 0 Å². The van der Waals surface area contributed by atoms with Crippen molar-refractivity contribution in [3.63, 3.8) is 0 Å². The molecule has 2 unspecified atom stereocenters. The molecule has 1 rings (SSSR count). The van der Waals surface area contributed by atoms with Gasteiger partial charge in [0.2, 0.25) is 0 Å². The van der Waals surface area contributed by atoms with Gasteiger partial charge < -0.3 is 29.9 Å². The molecule has 0 aromatic carbocycles. The van der Waals surface area contributed by atoms with Crippen LogP contribution >= 0.6 is 15.9 Å². The Kier molecular flexibility index (Phi) is 5.58. The fraction of sp³-hybridized carbons (Fsp3) is 1.00. The van der Waals surface area contributed by atoms with Gasteiger partial charge in [-0.1, -0.05) is 22.9 Å². The van der Waals surface area contributed by atoms with E-state index in [2.05, 4.69) is 15.9 Å². The standard InChI is InChI=1S/C9H17BrO6/c1-2-5(10)16-9-8(14)7(13)6(12)4(3-11)15-9/h4-9,11-14H,2-3H2,1H3/t4-,5?,6-,7+,8-,9?/m1/s1. The molecule has 0 aromatic rings. The molecule has 1 aliphatic rings. The van der Waals surface area contributed by atoms with Crippen LogP contribution in [0.15, 0.2) is 0 Å². The van der Waals surface area contributed by atoms with E-state index < -0.39 is 37.3 Å². The van der Waals surface area contributed by atoms with Crippen LogP contribution in [0.25, 0.3) is 0 Å². The van der Waals surface area contributed by atoms with Gasteiger partial charge in [-0.3, -0.25) is 0 Å². The summed E-state index contributed by atoms with van der Waals surface area (Å²) in [6, 6.07) is 0. The summed E-state index contributed by atoms with van der Waals surface area (Å²) in [5.74, 6) is 0. The number of halogens is 1. The summed E-state index contributed by atoms with van der Waals surface area (Å²) in [6.45, 7) is 1.41. The number of hydrogen-bond acceptors (Lipinski definition) is 6. The Labute approximate surface area is 102 Å². The minimum Gasteiger partial charge on any atom is -0.394 e. The van der Waals surface area contributed by atoms with Gasteiger partial charge in [0.1, 0.15) is 29.4 Å². The van der Waals surface area contributed by atoms with Crippen molar-refractivity contribution in [1.82, 2.24) is 0 Å². The highest BCUT2D eigenvalue weighted by Crippen LogP contribution is 2.24. The molecule has 0 saturated carbocycles.